The van der Waals surface area contributed by atoms with Gasteiger partial charge in [0, 0.05) is 12.1 Å². The molecule has 1 aromatic carbocycles. The van der Waals surface area contributed by atoms with Crippen LogP contribution in [-0.4, -0.2) is 28.4 Å². The predicted molar refractivity (Wildman–Crippen MR) is 101 cm³/mol. The molecule has 3 rings (SSSR count). The zero-order valence-electron chi connectivity index (χ0n) is 15.4. The Morgan fingerprint density at radius 1 is 1.22 bits per heavy atom. The second kappa shape index (κ2) is 8.79. The van der Waals surface area contributed by atoms with Gasteiger partial charge in [0.05, 0.1) is 18.0 Å². The number of hydrogen-bond donors (Lipinski definition) is 1. The Morgan fingerprint density at radius 2 is 1.89 bits per heavy atom. The highest BCUT2D eigenvalue weighted by molar-refractivity contribution is 5.93. The molecule has 1 aromatic heterocycles. The van der Waals surface area contributed by atoms with Gasteiger partial charge in [-0.3, -0.25) is 4.79 Å². The first-order chi connectivity index (χ1) is 13.1. The fourth-order valence-corrected chi connectivity index (χ4v) is 3.33. The molecule has 1 aliphatic rings. The number of esters is 1. The van der Waals surface area contributed by atoms with Crippen LogP contribution < -0.4 is 10.9 Å². The maximum atomic E-state index is 13.2. The Balaban J connectivity index is 1.98. The fourth-order valence-electron chi connectivity index (χ4n) is 3.33. The first kappa shape index (κ1) is 19.1. The summed E-state index contributed by atoms with van der Waals surface area (Å²) in [4.78, 5) is 25.0. The van der Waals surface area contributed by atoms with Gasteiger partial charge < -0.3 is 10.1 Å². The van der Waals surface area contributed by atoms with Crippen LogP contribution >= 0.6 is 0 Å². The molecule has 7 heteroatoms. The molecule has 0 saturated heterocycles. The Kier molecular flexibility index (Phi) is 6.21. The lowest BCUT2D eigenvalue weighted by Crippen LogP contribution is -2.28. The second-order valence-electron chi connectivity index (χ2n) is 6.69. The van der Waals surface area contributed by atoms with Gasteiger partial charge in [0.25, 0.3) is 5.56 Å². The van der Waals surface area contributed by atoms with E-state index >= 15 is 0 Å². The minimum atomic E-state index is -0.593. The quantitative estimate of drug-likeness (QED) is 0.639. The first-order valence-corrected chi connectivity index (χ1v) is 9.42. The molecule has 6 nitrogen and oxygen atoms in total. The van der Waals surface area contributed by atoms with Crippen molar-refractivity contribution in [3.63, 3.8) is 0 Å². The lowest BCUT2D eigenvalue weighted by molar-refractivity contribution is 0.0518. The Labute approximate surface area is 157 Å². The maximum absolute atomic E-state index is 13.2. The molecule has 1 fully saturated rings. The number of nitrogens with one attached hydrogen (secondary N) is 1. The predicted octanol–water partition coefficient (Wildman–Crippen LogP) is 3.68. The zero-order chi connectivity index (χ0) is 19.2. The number of benzene rings is 1. The van der Waals surface area contributed by atoms with E-state index in [1.807, 2.05) is 0 Å². The average molecular weight is 373 g/mol. The van der Waals surface area contributed by atoms with Crippen LogP contribution in [0, 0.1) is 5.82 Å². The zero-order valence-corrected chi connectivity index (χ0v) is 15.4. The van der Waals surface area contributed by atoms with E-state index in [0.717, 1.165) is 30.4 Å². The van der Waals surface area contributed by atoms with Crippen LogP contribution in [-0.2, 0) is 4.74 Å². The minimum Gasteiger partial charge on any atom is -0.461 e. The van der Waals surface area contributed by atoms with Crippen LogP contribution in [0.5, 0.6) is 0 Å². The monoisotopic (exact) mass is 373 g/mol. The number of rotatable bonds is 5. The summed E-state index contributed by atoms with van der Waals surface area (Å²) in [6, 6.07) is 6.93. The molecule has 0 unspecified atom stereocenters. The summed E-state index contributed by atoms with van der Waals surface area (Å²) in [5.41, 5.74) is 0.437. The number of ether oxygens (including phenoxy) is 1. The van der Waals surface area contributed by atoms with Crippen molar-refractivity contribution in [3.05, 3.63) is 52.2 Å². The van der Waals surface area contributed by atoms with Gasteiger partial charge in [0.15, 0.2) is 5.69 Å². The van der Waals surface area contributed by atoms with Crippen molar-refractivity contribution in [1.82, 2.24) is 9.78 Å². The lowest BCUT2D eigenvalue weighted by Gasteiger charge is -2.19. The number of hydrogen-bond acceptors (Lipinski definition) is 5. The van der Waals surface area contributed by atoms with Crippen molar-refractivity contribution in [2.24, 2.45) is 0 Å². The van der Waals surface area contributed by atoms with Crippen molar-refractivity contribution in [2.45, 2.75) is 51.5 Å². The van der Waals surface area contributed by atoms with Crippen LogP contribution in [0.1, 0.15) is 55.9 Å². The highest BCUT2D eigenvalue weighted by atomic mass is 19.1. The van der Waals surface area contributed by atoms with Crippen molar-refractivity contribution < 1.29 is 13.9 Å². The first-order valence-electron chi connectivity index (χ1n) is 9.42. The van der Waals surface area contributed by atoms with E-state index < -0.39 is 17.3 Å². The number of nitrogens with zero attached hydrogens (tertiary/aromatic N) is 2. The van der Waals surface area contributed by atoms with Gasteiger partial charge in [-0.2, -0.15) is 9.78 Å². The summed E-state index contributed by atoms with van der Waals surface area (Å²) in [5, 5.41) is 7.55. The molecular formula is C20H24FN3O3. The van der Waals surface area contributed by atoms with Crippen LogP contribution in [0.4, 0.5) is 10.1 Å². The number of halogens is 1. The molecule has 0 amide bonds. The van der Waals surface area contributed by atoms with Crippen molar-refractivity contribution in [2.75, 3.05) is 11.9 Å². The second-order valence-corrected chi connectivity index (χ2v) is 6.69. The standard InChI is InChI=1S/C20H24FN3O3/c1-2-27-20(26)19-17(22-15-7-5-3-4-6-8-15)13-18(25)24(23-19)16-11-9-14(21)10-12-16/h9-13,15,22H,2-8H2,1H3. The van der Waals surface area contributed by atoms with E-state index in [9.17, 15) is 14.0 Å². The summed E-state index contributed by atoms with van der Waals surface area (Å²) in [6.07, 6.45) is 6.62. The molecular weight excluding hydrogens is 349 g/mol. The van der Waals surface area contributed by atoms with Crippen molar-refractivity contribution in [3.8, 4) is 5.69 Å². The fraction of sp³-hybridized carbons (Fsp3) is 0.450. The molecule has 0 aliphatic heterocycles. The van der Waals surface area contributed by atoms with Gasteiger partial charge in [-0.25, -0.2) is 9.18 Å². The molecule has 27 heavy (non-hydrogen) atoms. The Hall–Kier alpha value is -2.70. The van der Waals surface area contributed by atoms with Crippen LogP contribution in [0.25, 0.3) is 5.69 Å². The number of aromatic nitrogens is 2. The minimum absolute atomic E-state index is 0.0602. The molecule has 1 N–H and O–H groups in total. The number of carbonyl (C=O) groups is 1. The molecule has 2 aromatic rings. The van der Waals surface area contributed by atoms with E-state index in [4.69, 9.17) is 4.74 Å². The van der Waals surface area contributed by atoms with Gasteiger partial charge >= 0.3 is 5.97 Å². The molecule has 0 radical (unpaired) electrons. The van der Waals surface area contributed by atoms with E-state index in [2.05, 4.69) is 10.4 Å². The Morgan fingerprint density at radius 3 is 2.52 bits per heavy atom. The summed E-state index contributed by atoms with van der Waals surface area (Å²) in [6.45, 7) is 1.92. The molecule has 0 bridgehead atoms. The molecule has 144 valence electrons. The largest absolute Gasteiger partial charge is 0.461 e. The average Bonchev–Trinajstić information content (AvgIpc) is 2.92. The normalized spacial score (nSPS) is 15.2. The summed E-state index contributed by atoms with van der Waals surface area (Å²) in [7, 11) is 0. The van der Waals surface area contributed by atoms with Gasteiger partial charge in [-0.05, 0) is 44.0 Å². The number of anilines is 1. The summed E-state index contributed by atoms with van der Waals surface area (Å²) >= 11 is 0. The van der Waals surface area contributed by atoms with Gasteiger partial charge in [0.2, 0.25) is 0 Å². The SMILES string of the molecule is CCOC(=O)c1nn(-c2ccc(F)cc2)c(=O)cc1NC1CCCCCC1. The van der Waals surface area contributed by atoms with E-state index in [-0.39, 0.29) is 18.3 Å². The van der Waals surface area contributed by atoms with Gasteiger partial charge in [-0.15, -0.1) is 0 Å². The smallest absolute Gasteiger partial charge is 0.360 e. The topological polar surface area (TPSA) is 73.2 Å². The molecule has 1 aliphatic carbocycles. The lowest BCUT2D eigenvalue weighted by atomic mass is 10.1. The van der Waals surface area contributed by atoms with Crippen molar-refractivity contribution >= 4 is 11.7 Å². The molecule has 0 spiro atoms. The highest BCUT2D eigenvalue weighted by Gasteiger charge is 2.21. The third-order valence-corrected chi connectivity index (χ3v) is 4.69. The third-order valence-electron chi connectivity index (χ3n) is 4.69. The molecule has 1 saturated carbocycles. The van der Waals surface area contributed by atoms with Gasteiger partial charge in [-0.1, -0.05) is 25.7 Å². The van der Waals surface area contributed by atoms with E-state index in [1.54, 1.807) is 6.92 Å². The van der Waals surface area contributed by atoms with E-state index in [0.29, 0.717) is 11.4 Å². The van der Waals surface area contributed by atoms with E-state index in [1.165, 1.54) is 43.2 Å². The summed E-state index contributed by atoms with van der Waals surface area (Å²) < 4.78 is 19.4. The summed E-state index contributed by atoms with van der Waals surface area (Å²) in [5.74, 6) is -1.01. The van der Waals surface area contributed by atoms with Crippen LogP contribution in [0.2, 0.25) is 0 Å². The van der Waals surface area contributed by atoms with Crippen LogP contribution in [0.3, 0.4) is 0 Å². The number of carbonyl (C=O) groups excluding carboxylic acids is 1. The Bertz CT molecular complexity index is 841. The maximum Gasteiger partial charge on any atom is 0.360 e. The van der Waals surface area contributed by atoms with Gasteiger partial charge in [0.1, 0.15) is 5.82 Å². The molecule has 1 heterocycles. The highest BCUT2D eigenvalue weighted by Crippen LogP contribution is 2.22. The van der Waals surface area contributed by atoms with Crippen molar-refractivity contribution in [1.29, 1.82) is 0 Å². The van der Waals surface area contributed by atoms with Crippen LogP contribution in [0.15, 0.2) is 35.1 Å². The third kappa shape index (κ3) is 4.72. The molecule has 0 atom stereocenters.